The van der Waals surface area contributed by atoms with Gasteiger partial charge in [0.15, 0.2) is 0 Å². The van der Waals surface area contributed by atoms with Crippen LogP contribution in [0.2, 0.25) is 0 Å². The number of alkyl halides is 3. The average molecular weight is 413 g/mol. The Morgan fingerprint density at radius 3 is 2.41 bits per heavy atom. The fraction of sp³-hybridized carbons (Fsp3) is 0.235. The van der Waals surface area contributed by atoms with Crippen molar-refractivity contribution in [3.63, 3.8) is 0 Å². The number of hydrogen-bond donors (Lipinski definition) is 1. The van der Waals surface area contributed by atoms with E-state index >= 15 is 0 Å². The average Bonchev–Trinajstić information content (AvgIpc) is 2.65. The molecule has 0 aliphatic carbocycles. The molecule has 0 heterocycles. The molecule has 12 heteroatoms. The highest BCUT2D eigenvalue weighted by molar-refractivity contribution is 5.77. The second-order valence-electron chi connectivity index (χ2n) is 5.82. The Bertz CT molecular complexity index is 948. The highest BCUT2D eigenvalue weighted by Crippen LogP contribution is 2.35. The molecule has 0 radical (unpaired) electrons. The predicted molar refractivity (Wildman–Crippen MR) is 94.2 cm³/mol. The van der Waals surface area contributed by atoms with Crippen LogP contribution >= 0.6 is 0 Å². The third-order valence-corrected chi connectivity index (χ3v) is 3.80. The van der Waals surface area contributed by atoms with E-state index in [1.807, 2.05) is 0 Å². The molecular formula is C17H14F3N3O6. The topological polar surface area (TPSA) is 125 Å². The normalized spacial score (nSPS) is 12.1. The Kier molecular flexibility index (Phi) is 6.36. The summed E-state index contributed by atoms with van der Waals surface area (Å²) < 4.78 is 43.2. The molecule has 0 bridgehead atoms. The maximum absolute atomic E-state index is 12.7. The number of carbonyl (C=O) groups is 1. The van der Waals surface area contributed by atoms with E-state index in [1.54, 1.807) is 0 Å². The first-order valence-corrected chi connectivity index (χ1v) is 8.02. The van der Waals surface area contributed by atoms with Crippen LogP contribution in [0.25, 0.3) is 0 Å². The van der Waals surface area contributed by atoms with Crippen molar-refractivity contribution < 1.29 is 32.5 Å². The molecular weight excluding hydrogens is 399 g/mol. The summed E-state index contributed by atoms with van der Waals surface area (Å²) in [4.78, 5) is 32.2. The molecule has 0 saturated carbocycles. The van der Waals surface area contributed by atoms with Crippen LogP contribution < -0.4 is 5.32 Å². The summed E-state index contributed by atoms with van der Waals surface area (Å²) in [7, 11) is 0. The molecule has 0 amide bonds. The molecule has 2 aromatic rings. The van der Waals surface area contributed by atoms with Gasteiger partial charge in [0.05, 0.1) is 15.4 Å². The number of hydrogen-bond acceptors (Lipinski definition) is 7. The van der Waals surface area contributed by atoms with E-state index in [9.17, 15) is 38.2 Å². The number of esters is 1. The lowest BCUT2D eigenvalue weighted by Crippen LogP contribution is -2.19. The Morgan fingerprint density at radius 2 is 1.83 bits per heavy atom. The molecule has 0 aromatic heterocycles. The molecule has 2 aromatic carbocycles. The van der Waals surface area contributed by atoms with Crippen molar-refractivity contribution in [3.8, 4) is 0 Å². The highest BCUT2D eigenvalue weighted by atomic mass is 19.4. The molecule has 29 heavy (non-hydrogen) atoms. The molecule has 1 N–H and O–H groups in total. The van der Waals surface area contributed by atoms with E-state index in [1.165, 1.54) is 31.2 Å². The molecule has 154 valence electrons. The lowest BCUT2D eigenvalue weighted by atomic mass is 10.1. The number of non-ortho nitro benzene ring substituents is 1. The highest BCUT2D eigenvalue weighted by Gasteiger charge is 2.33. The molecule has 0 aliphatic heterocycles. The van der Waals surface area contributed by atoms with E-state index in [-0.39, 0.29) is 11.4 Å². The van der Waals surface area contributed by atoms with Crippen molar-refractivity contribution in [2.45, 2.75) is 19.2 Å². The standard InChI is InChI=1S/C17H14F3N3O6/c1-10(11-3-2-4-13(7-11)22(25)26)29-16(24)9-21-14-6-5-12(17(18,19)20)8-15(14)23(27)28/h2-8,10,21H,9H2,1H3/t10-/m0/s1. The van der Waals surface area contributed by atoms with E-state index < -0.39 is 45.9 Å². The van der Waals surface area contributed by atoms with E-state index in [0.717, 1.165) is 6.07 Å². The van der Waals surface area contributed by atoms with Crippen molar-refractivity contribution in [3.05, 3.63) is 73.8 Å². The van der Waals surface area contributed by atoms with Crippen LogP contribution in [0.3, 0.4) is 0 Å². The summed E-state index contributed by atoms with van der Waals surface area (Å²) in [6.45, 7) is 0.906. The zero-order valence-corrected chi connectivity index (χ0v) is 14.8. The molecule has 2 rings (SSSR count). The third-order valence-electron chi connectivity index (χ3n) is 3.80. The van der Waals surface area contributed by atoms with Crippen molar-refractivity contribution in [1.82, 2.24) is 0 Å². The fourth-order valence-corrected chi connectivity index (χ4v) is 2.37. The minimum absolute atomic E-state index is 0.191. The number of anilines is 1. The van der Waals surface area contributed by atoms with Gasteiger partial charge in [-0.2, -0.15) is 13.2 Å². The SMILES string of the molecule is C[C@H](OC(=O)CNc1ccc(C(F)(F)F)cc1[N+](=O)[O-])c1cccc([N+](=O)[O-])c1. The third kappa shape index (κ3) is 5.64. The predicted octanol–water partition coefficient (Wildman–Crippen LogP) is 4.24. The zero-order valence-electron chi connectivity index (χ0n) is 14.8. The van der Waals surface area contributed by atoms with E-state index in [2.05, 4.69) is 5.32 Å². The van der Waals surface area contributed by atoms with Crippen molar-refractivity contribution >= 4 is 23.0 Å². The van der Waals surface area contributed by atoms with E-state index in [4.69, 9.17) is 4.74 Å². The van der Waals surface area contributed by atoms with Gasteiger partial charge >= 0.3 is 12.1 Å². The summed E-state index contributed by atoms with van der Waals surface area (Å²) in [5, 5.41) is 24.2. The maximum atomic E-state index is 12.7. The van der Waals surface area contributed by atoms with Gasteiger partial charge in [0.2, 0.25) is 0 Å². The second kappa shape index (κ2) is 8.54. The lowest BCUT2D eigenvalue weighted by Gasteiger charge is -2.14. The summed E-state index contributed by atoms with van der Waals surface area (Å²) in [5.74, 6) is -0.863. The molecule has 0 saturated heterocycles. The number of rotatable bonds is 7. The van der Waals surface area contributed by atoms with Gasteiger partial charge in [-0.3, -0.25) is 25.0 Å². The Labute approximate surface area is 161 Å². The van der Waals surface area contributed by atoms with Gasteiger partial charge in [-0.1, -0.05) is 12.1 Å². The molecule has 9 nitrogen and oxygen atoms in total. The van der Waals surface area contributed by atoms with Crippen molar-refractivity contribution in [2.24, 2.45) is 0 Å². The summed E-state index contributed by atoms with van der Waals surface area (Å²) in [6.07, 6.45) is -5.61. The van der Waals surface area contributed by atoms with Crippen LogP contribution in [0.15, 0.2) is 42.5 Å². The molecule has 0 spiro atoms. The Balaban J connectivity index is 2.06. The number of benzene rings is 2. The van der Waals surface area contributed by atoms with Gasteiger partial charge in [-0.15, -0.1) is 0 Å². The first-order chi connectivity index (χ1) is 13.5. The number of nitro groups is 2. The first kappa shape index (κ1) is 21.6. The Hall–Kier alpha value is -3.70. The molecule has 0 fully saturated rings. The number of carbonyl (C=O) groups excluding carboxylic acids is 1. The maximum Gasteiger partial charge on any atom is 0.416 e. The first-order valence-electron chi connectivity index (χ1n) is 8.02. The largest absolute Gasteiger partial charge is 0.456 e. The lowest BCUT2D eigenvalue weighted by molar-refractivity contribution is -0.385. The fourth-order valence-electron chi connectivity index (χ4n) is 2.37. The van der Waals surface area contributed by atoms with Crippen LogP contribution in [0.5, 0.6) is 0 Å². The molecule has 1 atom stereocenters. The van der Waals surface area contributed by atoms with Gasteiger partial charge in [-0.25, -0.2) is 0 Å². The minimum atomic E-state index is -4.75. The number of nitrogens with zero attached hydrogens (tertiary/aromatic N) is 2. The number of ether oxygens (including phenoxy) is 1. The zero-order chi connectivity index (χ0) is 21.8. The van der Waals surface area contributed by atoms with Gasteiger partial charge in [0.1, 0.15) is 18.3 Å². The van der Waals surface area contributed by atoms with Crippen LogP contribution in [0.4, 0.5) is 30.2 Å². The van der Waals surface area contributed by atoms with Gasteiger partial charge < -0.3 is 10.1 Å². The van der Waals surface area contributed by atoms with Crippen molar-refractivity contribution in [2.75, 3.05) is 11.9 Å². The minimum Gasteiger partial charge on any atom is -0.456 e. The quantitative estimate of drug-likeness (QED) is 0.409. The number of halogens is 3. The van der Waals surface area contributed by atoms with Gasteiger partial charge in [-0.05, 0) is 24.6 Å². The summed E-state index contributed by atoms with van der Waals surface area (Å²) in [5.41, 5.74) is -2.17. The van der Waals surface area contributed by atoms with Crippen LogP contribution in [-0.2, 0) is 15.7 Å². The van der Waals surface area contributed by atoms with Gasteiger partial charge in [0.25, 0.3) is 11.4 Å². The van der Waals surface area contributed by atoms with Crippen LogP contribution in [-0.4, -0.2) is 22.4 Å². The van der Waals surface area contributed by atoms with Crippen LogP contribution in [0, 0.1) is 20.2 Å². The number of nitro benzene ring substituents is 2. The summed E-state index contributed by atoms with van der Waals surface area (Å²) >= 11 is 0. The van der Waals surface area contributed by atoms with Crippen molar-refractivity contribution in [1.29, 1.82) is 0 Å². The number of nitrogens with one attached hydrogen (secondary N) is 1. The Morgan fingerprint density at radius 1 is 1.14 bits per heavy atom. The smallest absolute Gasteiger partial charge is 0.416 e. The second-order valence-corrected chi connectivity index (χ2v) is 5.82. The van der Waals surface area contributed by atoms with Gasteiger partial charge in [0, 0.05) is 18.2 Å². The molecule has 0 aliphatic rings. The van der Waals surface area contributed by atoms with Crippen LogP contribution in [0.1, 0.15) is 24.2 Å². The van der Waals surface area contributed by atoms with E-state index in [0.29, 0.717) is 17.7 Å². The summed E-state index contributed by atoms with van der Waals surface area (Å²) in [6, 6.07) is 7.28. The molecule has 0 unspecified atom stereocenters. The monoisotopic (exact) mass is 413 g/mol.